The van der Waals surface area contributed by atoms with E-state index in [4.69, 9.17) is 16.3 Å². The average molecular weight is 391 g/mol. The molecule has 1 aliphatic rings. The van der Waals surface area contributed by atoms with Crippen molar-refractivity contribution < 1.29 is 18.7 Å². The number of hydrogen-bond acceptors (Lipinski definition) is 3. The number of aryl methyl sites for hydroxylation is 1. The molecule has 2 amide bonds. The molecule has 0 bridgehead atoms. The molecule has 2 aromatic rings. The Morgan fingerprint density at radius 2 is 1.63 bits per heavy atom. The second kappa shape index (κ2) is 7.96. The third-order valence-electron chi connectivity index (χ3n) is 4.67. The highest BCUT2D eigenvalue weighted by Gasteiger charge is 2.27. The molecule has 2 aromatic carbocycles. The maximum Gasteiger partial charge on any atom is 0.256 e. The Balaban J connectivity index is 1.66. The van der Waals surface area contributed by atoms with E-state index in [0.29, 0.717) is 37.5 Å². The van der Waals surface area contributed by atoms with Gasteiger partial charge in [0.25, 0.3) is 11.8 Å². The van der Waals surface area contributed by atoms with Crippen LogP contribution >= 0.6 is 11.6 Å². The van der Waals surface area contributed by atoms with Gasteiger partial charge in [0.2, 0.25) is 0 Å². The van der Waals surface area contributed by atoms with Gasteiger partial charge in [0.05, 0.1) is 12.7 Å². The van der Waals surface area contributed by atoms with E-state index in [-0.39, 0.29) is 16.5 Å². The lowest BCUT2D eigenvalue weighted by Gasteiger charge is -2.35. The highest BCUT2D eigenvalue weighted by Crippen LogP contribution is 2.21. The third-order valence-corrected chi connectivity index (χ3v) is 4.91. The van der Waals surface area contributed by atoms with Crippen LogP contribution in [0.25, 0.3) is 0 Å². The van der Waals surface area contributed by atoms with Crippen LogP contribution in [0.5, 0.6) is 5.75 Å². The lowest BCUT2D eigenvalue weighted by molar-refractivity contribution is 0.0532. The first-order chi connectivity index (χ1) is 12.9. The van der Waals surface area contributed by atoms with Gasteiger partial charge >= 0.3 is 0 Å². The number of nitrogens with zero attached hydrogens (tertiary/aromatic N) is 2. The van der Waals surface area contributed by atoms with Crippen molar-refractivity contribution in [2.75, 3.05) is 33.3 Å². The zero-order valence-electron chi connectivity index (χ0n) is 15.2. The van der Waals surface area contributed by atoms with Crippen molar-refractivity contribution in [2.45, 2.75) is 6.92 Å². The van der Waals surface area contributed by atoms with Crippen LogP contribution in [0.2, 0.25) is 5.02 Å². The van der Waals surface area contributed by atoms with Crippen molar-refractivity contribution in [3.63, 3.8) is 0 Å². The van der Waals surface area contributed by atoms with Crippen LogP contribution in [0, 0.1) is 12.7 Å². The maximum atomic E-state index is 14.0. The zero-order chi connectivity index (χ0) is 19.6. The molecule has 0 unspecified atom stereocenters. The van der Waals surface area contributed by atoms with Crippen LogP contribution in [-0.2, 0) is 0 Å². The fourth-order valence-corrected chi connectivity index (χ4v) is 3.24. The summed E-state index contributed by atoms with van der Waals surface area (Å²) < 4.78 is 19.2. The Hall–Kier alpha value is -2.60. The van der Waals surface area contributed by atoms with Crippen LogP contribution in [0.15, 0.2) is 36.4 Å². The van der Waals surface area contributed by atoms with E-state index < -0.39 is 11.7 Å². The molecule has 0 aliphatic carbocycles. The number of hydrogen-bond donors (Lipinski definition) is 0. The molecular formula is C20H20ClFN2O3. The molecule has 0 N–H and O–H groups in total. The second-order valence-corrected chi connectivity index (χ2v) is 6.83. The monoisotopic (exact) mass is 390 g/mol. The molecule has 1 fully saturated rings. The van der Waals surface area contributed by atoms with Crippen molar-refractivity contribution in [3.8, 4) is 5.75 Å². The Kier molecular flexibility index (Phi) is 5.65. The van der Waals surface area contributed by atoms with Gasteiger partial charge in [-0.15, -0.1) is 0 Å². The number of ether oxygens (including phenoxy) is 1. The topological polar surface area (TPSA) is 49.9 Å². The second-order valence-electron chi connectivity index (χ2n) is 6.39. The van der Waals surface area contributed by atoms with Gasteiger partial charge in [-0.2, -0.15) is 0 Å². The number of carbonyl (C=O) groups is 2. The molecule has 1 heterocycles. The standard InChI is InChI=1S/C20H20ClFN2O3/c1-13-3-4-14(11-18(13)27-2)19(25)23-7-9-24(10-8-23)20(26)16-6-5-15(21)12-17(16)22/h3-6,11-12H,7-10H2,1-2H3. The summed E-state index contributed by atoms with van der Waals surface area (Å²) in [5.74, 6) is -0.489. The van der Waals surface area contributed by atoms with E-state index in [0.717, 1.165) is 11.6 Å². The van der Waals surface area contributed by atoms with Gasteiger partial charge in [0.15, 0.2) is 0 Å². The fraction of sp³-hybridized carbons (Fsp3) is 0.300. The highest BCUT2D eigenvalue weighted by atomic mass is 35.5. The van der Waals surface area contributed by atoms with Crippen molar-refractivity contribution in [2.24, 2.45) is 0 Å². The molecule has 142 valence electrons. The Bertz CT molecular complexity index is 880. The average Bonchev–Trinajstić information content (AvgIpc) is 2.67. The molecule has 0 aromatic heterocycles. The first-order valence-electron chi connectivity index (χ1n) is 8.59. The summed E-state index contributed by atoms with van der Waals surface area (Å²) in [6, 6.07) is 9.33. The van der Waals surface area contributed by atoms with E-state index in [2.05, 4.69) is 0 Å². The molecule has 5 nitrogen and oxygen atoms in total. The molecular weight excluding hydrogens is 371 g/mol. The van der Waals surface area contributed by atoms with E-state index in [1.807, 2.05) is 13.0 Å². The van der Waals surface area contributed by atoms with Crippen molar-refractivity contribution >= 4 is 23.4 Å². The van der Waals surface area contributed by atoms with E-state index in [9.17, 15) is 14.0 Å². The van der Waals surface area contributed by atoms with Crippen LogP contribution in [0.4, 0.5) is 4.39 Å². The van der Waals surface area contributed by atoms with E-state index in [1.54, 1.807) is 29.0 Å². The summed E-state index contributed by atoms with van der Waals surface area (Å²) in [7, 11) is 1.57. The number of carbonyl (C=O) groups excluding carboxylic acids is 2. The number of piperazine rings is 1. The third kappa shape index (κ3) is 4.06. The van der Waals surface area contributed by atoms with Crippen molar-refractivity contribution in [1.82, 2.24) is 9.80 Å². The Labute approximate surface area is 162 Å². The fourth-order valence-electron chi connectivity index (χ4n) is 3.08. The van der Waals surface area contributed by atoms with Gasteiger partial charge in [0.1, 0.15) is 11.6 Å². The number of benzene rings is 2. The first kappa shape index (κ1) is 19.2. The summed E-state index contributed by atoms with van der Waals surface area (Å²) in [6.45, 7) is 3.37. The van der Waals surface area contributed by atoms with Gasteiger partial charge in [-0.1, -0.05) is 17.7 Å². The lowest BCUT2D eigenvalue weighted by atomic mass is 10.1. The van der Waals surface area contributed by atoms with Crippen LogP contribution in [0.3, 0.4) is 0 Å². The molecule has 1 saturated heterocycles. The molecule has 7 heteroatoms. The number of amides is 2. The van der Waals surface area contributed by atoms with Gasteiger partial charge in [-0.05, 0) is 42.8 Å². The van der Waals surface area contributed by atoms with Gasteiger partial charge < -0.3 is 14.5 Å². The smallest absolute Gasteiger partial charge is 0.256 e. The van der Waals surface area contributed by atoms with Crippen LogP contribution in [-0.4, -0.2) is 54.9 Å². The molecule has 0 radical (unpaired) electrons. The minimum atomic E-state index is -0.641. The summed E-state index contributed by atoms with van der Waals surface area (Å²) in [6.07, 6.45) is 0. The van der Waals surface area contributed by atoms with Gasteiger partial charge in [-0.3, -0.25) is 9.59 Å². The van der Waals surface area contributed by atoms with Crippen LogP contribution in [0.1, 0.15) is 26.3 Å². The normalized spacial score (nSPS) is 14.2. The summed E-state index contributed by atoms with van der Waals surface area (Å²) >= 11 is 5.73. The Morgan fingerprint density at radius 3 is 2.22 bits per heavy atom. The van der Waals surface area contributed by atoms with Gasteiger partial charge in [0, 0.05) is 36.8 Å². The van der Waals surface area contributed by atoms with E-state index in [1.165, 1.54) is 12.1 Å². The molecule has 0 atom stereocenters. The predicted octanol–water partition coefficient (Wildman–Crippen LogP) is 3.39. The zero-order valence-corrected chi connectivity index (χ0v) is 15.9. The predicted molar refractivity (Wildman–Crippen MR) is 101 cm³/mol. The van der Waals surface area contributed by atoms with E-state index >= 15 is 0 Å². The number of rotatable bonds is 3. The SMILES string of the molecule is COc1cc(C(=O)N2CCN(C(=O)c3ccc(Cl)cc3F)CC2)ccc1C. The largest absolute Gasteiger partial charge is 0.496 e. The van der Waals surface area contributed by atoms with Crippen molar-refractivity contribution in [3.05, 3.63) is 63.9 Å². The highest BCUT2D eigenvalue weighted by molar-refractivity contribution is 6.30. The number of halogens is 2. The molecule has 1 aliphatic heterocycles. The Morgan fingerprint density at radius 1 is 1.00 bits per heavy atom. The minimum absolute atomic E-state index is 0.0116. The van der Waals surface area contributed by atoms with Crippen molar-refractivity contribution in [1.29, 1.82) is 0 Å². The molecule has 0 saturated carbocycles. The molecule has 27 heavy (non-hydrogen) atoms. The minimum Gasteiger partial charge on any atom is -0.496 e. The maximum absolute atomic E-state index is 14.0. The van der Waals surface area contributed by atoms with Crippen LogP contribution < -0.4 is 4.74 Å². The first-order valence-corrected chi connectivity index (χ1v) is 8.96. The molecule has 0 spiro atoms. The number of methoxy groups -OCH3 is 1. The summed E-state index contributed by atoms with van der Waals surface area (Å²) in [4.78, 5) is 28.5. The lowest BCUT2D eigenvalue weighted by Crippen LogP contribution is -2.50. The quantitative estimate of drug-likeness (QED) is 0.807. The summed E-state index contributed by atoms with van der Waals surface area (Å²) in [5, 5.41) is 0.244. The molecule has 3 rings (SSSR count). The van der Waals surface area contributed by atoms with Gasteiger partial charge in [-0.25, -0.2) is 4.39 Å². The summed E-state index contributed by atoms with van der Waals surface area (Å²) in [5.41, 5.74) is 1.48.